The SMILES string of the molecule is NC(=O)c1nn(CC(=O)N2CC(F)CC2C(=O)Nc2nccc(-c3c[nH]c4nccc(F)c34)n2)c2ccc(-c3ccnnc3)cc12. The van der Waals surface area contributed by atoms with E-state index in [1.54, 1.807) is 42.7 Å². The molecule has 1 aliphatic rings. The number of H-pyrrole nitrogens is 1. The second kappa shape index (κ2) is 11.4. The number of carbonyl (C=O) groups excluding carboxylic acids is 3. The second-order valence-corrected chi connectivity index (χ2v) is 10.6. The lowest BCUT2D eigenvalue weighted by molar-refractivity contribution is -0.137. The van der Waals surface area contributed by atoms with Crippen molar-refractivity contribution in [3.05, 3.63) is 78.9 Å². The molecule has 1 aliphatic heterocycles. The van der Waals surface area contributed by atoms with Crippen LogP contribution in [0, 0.1) is 5.82 Å². The van der Waals surface area contributed by atoms with Crippen LogP contribution in [-0.2, 0) is 16.1 Å². The number of halogens is 2. The number of aromatic amines is 1. The summed E-state index contributed by atoms with van der Waals surface area (Å²) >= 11 is 0. The third-order valence-corrected chi connectivity index (χ3v) is 7.75. The van der Waals surface area contributed by atoms with E-state index in [0.29, 0.717) is 27.8 Å². The van der Waals surface area contributed by atoms with E-state index in [1.807, 2.05) is 0 Å². The Balaban J connectivity index is 1.12. The van der Waals surface area contributed by atoms with Gasteiger partial charge in [0.1, 0.15) is 30.2 Å². The van der Waals surface area contributed by atoms with Gasteiger partial charge in [-0.1, -0.05) is 6.07 Å². The fourth-order valence-electron chi connectivity index (χ4n) is 5.63. The Bertz CT molecular complexity index is 2150. The van der Waals surface area contributed by atoms with E-state index in [1.165, 1.54) is 29.3 Å². The number of rotatable bonds is 7. The van der Waals surface area contributed by atoms with Crippen molar-refractivity contribution in [2.24, 2.45) is 5.73 Å². The van der Waals surface area contributed by atoms with Crippen molar-refractivity contribution in [2.45, 2.75) is 25.2 Å². The van der Waals surface area contributed by atoms with Crippen molar-refractivity contribution >= 4 is 45.6 Å². The number of hydrogen-bond donors (Lipinski definition) is 3. The van der Waals surface area contributed by atoms with E-state index in [2.05, 4.69) is 40.5 Å². The summed E-state index contributed by atoms with van der Waals surface area (Å²) < 4.78 is 30.5. The predicted octanol–water partition coefficient (Wildman–Crippen LogP) is 2.64. The molecule has 16 heteroatoms. The number of carbonyl (C=O) groups is 3. The van der Waals surface area contributed by atoms with E-state index in [-0.39, 0.29) is 36.5 Å². The molecule has 2 atom stereocenters. The lowest BCUT2D eigenvalue weighted by atomic mass is 10.0. The Labute approximate surface area is 257 Å². The number of hydrogen-bond acceptors (Lipinski definition) is 9. The van der Waals surface area contributed by atoms with E-state index >= 15 is 0 Å². The first kappa shape index (κ1) is 28.6. The third kappa shape index (κ3) is 5.14. The van der Waals surface area contributed by atoms with Gasteiger partial charge in [-0.2, -0.15) is 15.3 Å². The summed E-state index contributed by atoms with van der Waals surface area (Å²) in [6.07, 6.45) is 5.65. The summed E-state index contributed by atoms with van der Waals surface area (Å²) in [7, 11) is 0. The molecule has 3 amide bonds. The van der Waals surface area contributed by atoms with Crippen LogP contribution in [0.2, 0.25) is 0 Å². The molecule has 230 valence electrons. The summed E-state index contributed by atoms with van der Waals surface area (Å²) in [5.74, 6) is -2.70. The standard InChI is InChI=1S/C30H23F2N11O3/c31-17-10-23(29(46)40-30-35-7-5-21(39-30)19-12-36-28-25(19)20(32)4-6-34-28)42(13-17)24(44)14-43-22-2-1-15(16-3-8-37-38-11-16)9-18(22)26(41-43)27(33)45/h1-9,11-12,17,23H,10,13-14H2,(H2,33,45)(H,34,36)(H,35,39,40,46). The molecule has 1 aromatic carbocycles. The van der Waals surface area contributed by atoms with Gasteiger partial charge in [-0.05, 0) is 35.9 Å². The predicted molar refractivity (Wildman–Crippen MR) is 160 cm³/mol. The van der Waals surface area contributed by atoms with Crippen LogP contribution in [0.25, 0.3) is 44.3 Å². The Hall–Kier alpha value is -6.19. The van der Waals surface area contributed by atoms with Gasteiger partial charge >= 0.3 is 0 Å². The topological polar surface area (TPSA) is 191 Å². The van der Waals surface area contributed by atoms with E-state index in [9.17, 15) is 23.2 Å². The lowest BCUT2D eigenvalue weighted by Gasteiger charge is -2.23. The molecule has 2 unspecified atom stereocenters. The summed E-state index contributed by atoms with van der Waals surface area (Å²) in [6.45, 7) is -0.705. The van der Waals surface area contributed by atoms with Crippen molar-refractivity contribution in [3.8, 4) is 22.4 Å². The summed E-state index contributed by atoms with van der Waals surface area (Å²) in [6, 6.07) is 8.50. The van der Waals surface area contributed by atoms with Gasteiger partial charge in [0, 0.05) is 41.5 Å². The quantitative estimate of drug-likeness (QED) is 0.240. The van der Waals surface area contributed by atoms with Gasteiger partial charge in [0.05, 0.1) is 35.5 Å². The van der Waals surface area contributed by atoms with Crippen LogP contribution in [0.15, 0.2) is 67.4 Å². The first-order valence-electron chi connectivity index (χ1n) is 14.0. The normalized spacial score (nSPS) is 16.3. The van der Waals surface area contributed by atoms with Gasteiger partial charge in [0.15, 0.2) is 5.69 Å². The van der Waals surface area contributed by atoms with Crippen molar-refractivity contribution in [1.29, 1.82) is 0 Å². The Kier molecular flexibility index (Phi) is 7.07. The molecule has 14 nitrogen and oxygen atoms in total. The highest BCUT2D eigenvalue weighted by Gasteiger charge is 2.40. The number of aromatic nitrogens is 8. The first-order chi connectivity index (χ1) is 22.3. The van der Waals surface area contributed by atoms with Gasteiger partial charge in [-0.25, -0.2) is 23.7 Å². The molecule has 0 bridgehead atoms. The number of anilines is 1. The van der Waals surface area contributed by atoms with Crippen molar-refractivity contribution in [1.82, 2.24) is 44.8 Å². The highest BCUT2D eigenvalue weighted by atomic mass is 19.1. The van der Waals surface area contributed by atoms with E-state index in [0.717, 1.165) is 16.0 Å². The van der Waals surface area contributed by atoms with Gasteiger partial charge < -0.3 is 15.6 Å². The van der Waals surface area contributed by atoms with Crippen molar-refractivity contribution in [3.63, 3.8) is 0 Å². The number of nitrogens with two attached hydrogens (primary N) is 1. The van der Waals surface area contributed by atoms with E-state index < -0.39 is 35.8 Å². The maximum absolute atomic E-state index is 14.7. The van der Waals surface area contributed by atoms with Crippen LogP contribution in [-0.4, -0.2) is 81.3 Å². The molecule has 1 fully saturated rings. The van der Waals surface area contributed by atoms with E-state index in [4.69, 9.17) is 5.73 Å². The molecule has 0 saturated carbocycles. The molecule has 6 aromatic rings. The Morgan fingerprint density at radius 3 is 2.70 bits per heavy atom. The highest BCUT2D eigenvalue weighted by molar-refractivity contribution is 6.05. The minimum Gasteiger partial charge on any atom is -0.364 e. The third-order valence-electron chi connectivity index (χ3n) is 7.75. The molecule has 46 heavy (non-hydrogen) atoms. The fourth-order valence-corrected chi connectivity index (χ4v) is 5.63. The zero-order chi connectivity index (χ0) is 31.9. The summed E-state index contributed by atoms with van der Waals surface area (Å²) in [5.41, 5.74) is 8.51. The summed E-state index contributed by atoms with van der Waals surface area (Å²) in [4.78, 5) is 55.6. The fraction of sp³-hybridized carbons (Fsp3) is 0.167. The number of nitrogens with zero attached hydrogens (tertiary/aromatic N) is 8. The molecule has 0 spiro atoms. The molecule has 6 heterocycles. The van der Waals surface area contributed by atoms with Crippen LogP contribution in [0.3, 0.4) is 0 Å². The molecular formula is C30H23F2N11O3. The van der Waals surface area contributed by atoms with Crippen LogP contribution in [0.4, 0.5) is 14.7 Å². The molecule has 5 aromatic heterocycles. The maximum Gasteiger partial charge on any atom is 0.269 e. The molecule has 0 aliphatic carbocycles. The summed E-state index contributed by atoms with van der Waals surface area (Å²) in [5, 5.41) is 15.1. The molecule has 1 saturated heterocycles. The van der Waals surface area contributed by atoms with Crippen molar-refractivity contribution in [2.75, 3.05) is 11.9 Å². The van der Waals surface area contributed by atoms with Gasteiger partial charge in [-0.3, -0.25) is 24.4 Å². The van der Waals surface area contributed by atoms with Crippen molar-refractivity contribution < 1.29 is 23.2 Å². The second-order valence-electron chi connectivity index (χ2n) is 10.6. The Morgan fingerprint density at radius 1 is 1.04 bits per heavy atom. The number of benzene rings is 1. The number of amides is 3. The van der Waals surface area contributed by atoms with Gasteiger partial charge in [0.2, 0.25) is 17.8 Å². The number of likely N-dealkylation sites (tertiary alicyclic amines) is 1. The smallest absolute Gasteiger partial charge is 0.269 e. The number of nitrogens with one attached hydrogen (secondary N) is 2. The maximum atomic E-state index is 14.7. The average molecular weight is 624 g/mol. The van der Waals surface area contributed by atoms with Crippen LogP contribution in [0.5, 0.6) is 0 Å². The van der Waals surface area contributed by atoms with Gasteiger partial charge in [0.25, 0.3) is 5.91 Å². The zero-order valence-electron chi connectivity index (χ0n) is 23.8. The number of alkyl halides is 1. The lowest BCUT2D eigenvalue weighted by Crippen LogP contribution is -2.44. The number of fused-ring (bicyclic) bond motifs is 2. The molecule has 4 N–H and O–H groups in total. The largest absolute Gasteiger partial charge is 0.364 e. The van der Waals surface area contributed by atoms with Gasteiger partial charge in [-0.15, -0.1) is 0 Å². The minimum atomic E-state index is -1.46. The average Bonchev–Trinajstić information content (AvgIpc) is 3.77. The number of primary amides is 1. The molecule has 7 rings (SSSR count). The van der Waals surface area contributed by atoms with Crippen LogP contribution >= 0.6 is 0 Å². The van der Waals surface area contributed by atoms with Crippen LogP contribution in [0.1, 0.15) is 16.9 Å². The molecule has 0 radical (unpaired) electrons. The van der Waals surface area contributed by atoms with Crippen LogP contribution < -0.4 is 11.1 Å². The Morgan fingerprint density at radius 2 is 1.89 bits per heavy atom. The highest BCUT2D eigenvalue weighted by Crippen LogP contribution is 2.30. The number of pyridine rings is 1. The molecular weight excluding hydrogens is 600 g/mol. The first-order valence-corrected chi connectivity index (χ1v) is 14.0. The minimum absolute atomic E-state index is 0.0476. The monoisotopic (exact) mass is 623 g/mol. The zero-order valence-corrected chi connectivity index (χ0v) is 23.8.